The molecule has 1 aliphatic rings. The number of carbonyl (C=O) groups excluding carboxylic acids is 1. The van der Waals surface area contributed by atoms with E-state index < -0.39 is 27.4 Å². The minimum absolute atomic E-state index is 0.0268. The molecular weight excluding hydrogens is 620 g/mol. The largest absolute Gasteiger partial charge is 0.497 e. The number of nitrogens with one attached hydrogen (secondary N) is 1. The molecule has 1 heterocycles. The zero-order valence-electron chi connectivity index (χ0n) is 26.3. The van der Waals surface area contributed by atoms with Crippen LogP contribution in [0.5, 0.6) is 17.2 Å². The second-order valence-electron chi connectivity index (χ2n) is 10.9. The van der Waals surface area contributed by atoms with Crippen molar-refractivity contribution in [1.82, 2.24) is 5.32 Å². The van der Waals surface area contributed by atoms with Gasteiger partial charge < -0.3 is 29.4 Å². The van der Waals surface area contributed by atoms with Gasteiger partial charge in [0, 0.05) is 43.2 Å². The number of aliphatic hydroxyl groups excluding tert-OH is 1. The molecule has 2 N–H and O–H groups in total. The van der Waals surface area contributed by atoms with Gasteiger partial charge in [0.25, 0.3) is 5.91 Å². The summed E-state index contributed by atoms with van der Waals surface area (Å²) in [4.78, 5) is 19.6. The van der Waals surface area contributed by atoms with Gasteiger partial charge in [0.15, 0.2) is 21.5 Å². The number of rotatable bonds is 15. The zero-order valence-corrected chi connectivity index (χ0v) is 27.1. The normalized spacial score (nSPS) is 17.3. The molecular formula is C36H38N2O8S. The summed E-state index contributed by atoms with van der Waals surface area (Å²) in [6.07, 6.45) is -0.577. The summed E-state index contributed by atoms with van der Waals surface area (Å²) in [7, 11) is -0.693. The molecule has 4 aromatic carbocycles. The Bertz CT molecular complexity index is 1780. The lowest BCUT2D eigenvalue weighted by Crippen LogP contribution is -2.49. The van der Waals surface area contributed by atoms with Crippen LogP contribution in [-0.2, 0) is 25.9 Å². The first-order chi connectivity index (χ1) is 22.8. The quantitative estimate of drug-likeness (QED) is 0.173. The van der Waals surface area contributed by atoms with Crippen LogP contribution in [-0.4, -0.2) is 64.1 Å². The Kier molecular flexibility index (Phi) is 10.8. The Labute approximate surface area is 274 Å². The highest BCUT2D eigenvalue weighted by Crippen LogP contribution is 2.43. The monoisotopic (exact) mass is 658 g/mol. The average molecular weight is 659 g/mol. The fourth-order valence-corrected chi connectivity index (χ4v) is 6.75. The van der Waals surface area contributed by atoms with Gasteiger partial charge in [-0.2, -0.15) is 0 Å². The number of hydrogen-bond acceptors (Lipinski definition) is 9. The van der Waals surface area contributed by atoms with Crippen molar-refractivity contribution < 1.29 is 37.3 Å². The van der Waals surface area contributed by atoms with E-state index in [1.807, 2.05) is 30.3 Å². The molecule has 47 heavy (non-hydrogen) atoms. The summed E-state index contributed by atoms with van der Waals surface area (Å²) in [6.45, 7) is 0.478. The van der Waals surface area contributed by atoms with Crippen LogP contribution in [0, 0.1) is 0 Å². The van der Waals surface area contributed by atoms with E-state index in [9.17, 15) is 13.2 Å². The number of nitrogens with zero attached hydrogens (tertiary/aromatic N) is 1. The Morgan fingerprint density at radius 3 is 2.26 bits per heavy atom. The summed E-state index contributed by atoms with van der Waals surface area (Å²) >= 11 is 0. The molecule has 0 unspecified atom stereocenters. The summed E-state index contributed by atoms with van der Waals surface area (Å²) < 4.78 is 50.1. The maximum Gasteiger partial charge on any atom is 0.252 e. The van der Waals surface area contributed by atoms with Gasteiger partial charge in [-0.25, -0.2) is 13.4 Å². The molecule has 0 saturated carbocycles. The van der Waals surface area contributed by atoms with Crippen LogP contribution >= 0.6 is 0 Å². The topological polar surface area (TPSA) is 133 Å². The highest BCUT2D eigenvalue weighted by atomic mass is 32.2. The van der Waals surface area contributed by atoms with Crippen LogP contribution in [0.2, 0.25) is 0 Å². The molecule has 5 rings (SSSR count). The molecule has 0 aliphatic carbocycles. The van der Waals surface area contributed by atoms with Crippen LogP contribution in [0.1, 0.15) is 35.6 Å². The maximum atomic E-state index is 14.5. The highest BCUT2D eigenvalue weighted by Gasteiger charge is 2.53. The first-order valence-electron chi connectivity index (χ1n) is 15.2. The van der Waals surface area contributed by atoms with Crippen molar-refractivity contribution >= 4 is 21.6 Å². The SMILES string of the molecule is COc1ccc(CNC(=O)[C@]2(CCS(=O)(=O)c3ccccc3)N=C(c3ccc(OCCCO)cc3)O[C@@H]2c2ccccc2)c(OC)c1. The predicted molar refractivity (Wildman–Crippen MR) is 178 cm³/mol. The fraction of sp³-hybridized carbons (Fsp3) is 0.278. The Hall–Kier alpha value is -4.87. The number of carbonyl (C=O) groups is 1. The van der Waals surface area contributed by atoms with Gasteiger partial charge in [0.2, 0.25) is 5.90 Å². The van der Waals surface area contributed by atoms with Crippen molar-refractivity contribution in [3.63, 3.8) is 0 Å². The third-order valence-corrected chi connectivity index (χ3v) is 9.65. The van der Waals surface area contributed by atoms with E-state index in [2.05, 4.69) is 5.32 Å². The van der Waals surface area contributed by atoms with Crippen molar-refractivity contribution in [3.05, 3.63) is 120 Å². The first-order valence-corrected chi connectivity index (χ1v) is 16.9. The Morgan fingerprint density at radius 1 is 0.915 bits per heavy atom. The van der Waals surface area contributed by atoms with Gasteiger partial charge >= 0.3 is 0 Å². The third kappa shape index (κ3) is 7.75. The van der Waals surface area contributed by atoms with Crippen LogP contribution in [0.3, 0.4) is 0 Å². The van der Waals surface area contributed by atoms with Crippen LogP contribution in [0.4, 0.5) is 0 Å². The molecule has 1 amide bonds. The minimum Gasteiger partial charge on any atom is -0.497 e. The summed E-state index contributed by atoms with van der Waals surface area (Å²) in [5, 5.41) is 12.1. The molecule has 1 aliphatic heterocycles. The maximum absolute atomic E-state index is 14.5. The second-order valence-corrected chi connectivity index (χ2v) is 13.1. The van der Waals surface area contributed by atoms with Gasteiger partial charge in [0.05, 0.1) is 31.5 Å². The van der Waals surface area contributed by atoms with E-state index in [1.165, 1.54) is 19.2 Å². The molecule has 0 spiro atoms. The summed E-state index contributed by atoms with van der Waals surface area (Å²) in [5.74, 6) is 1.09. The molecule has 4 aromatic rings. The minimum atomic E-state index is -3.78. The van der Waals surface area contributed by atoms with E-state index in [0.717, 1.165) is 0 Å². The van der Waals surface area contributed by atoms with Crippen molar-refractivity contribution in [2.75, 3.05) is 33.2 Å². The van der Waals surface area contributed by atoms with Crippen LogP contribution < -0.4 is 19.5 Å². The Balaban J connectivity index is 1.54. The van der Waals surface area contributed by atoms with Crippen molar-refractivity contribution in [2.45, 2.75) is 35.9 Å². The first kappa shape index (κ1) is 33.5. The zero-order chi connectivity index (χ0) is 33.3. The molecule has 0 aromatic heterocycles. The van der Waals surface area contributed by atoms with E-state index >= 15 is 0 Å². The highest BCUT2D eigenvalue weighted by molar-refractivity contribution is 7.91. The number of amides is 1. The van der Waals surface area contributed by atoms with E-state index in [0.29, 0.717) is 47.0 Å². The third-order valence-electron chi connectivity index (χ3n) is 7.92. The fourth-order valence-electron chi connectivity index (χ4n) is 5.36. The molecule has 0 bridgehead atoms. The molecule has 0 saturated heterocycles. The van der Waals surface area contributed by atoms with Gasteiger partial charge in [0.1, 0.15) is 17.2 Å². The van der Waals surface area contributed by atoms with Gasteiger partial charge in [-0.15, -0.1) is 0 Å². The van der Waals surface area contributed by atoms with Gasteiger partial charge in [-0.05, 0) is 54.1 Å². The lowest BCUT2D eigenvalue weighted by atomic mass is 9.85. The lowest BCUT2D eigenvalue weighted by molar-refractivity contribution is -0.129. The summed E-state index contributed by atoms with van der Waals surface area (Å²) in [6, 6.07) is 29.7. The standard InChI is InChI=1S/C36H38N2O8S/c1-43-30-19-16-28(32(24-30)44-2)25-37-35(40)36(20-23-47(41,42)31-12-7-4-8-13-31)33(26-10-5-3-6-11-26)46-34(38-36)27-14-17-29(18-15-27)45-22-9-21-39/h3-8,10-19,24,33,39H,9,20-23,25H2,1-2H3,(H,37,40)/t33-,36-/m1/s1. The number of aliphatic imine (C=N–C) groups is 1. The van der Waals surface area contributed by atoms with Gasteiger partial charge in [-0.1, -0.05) is 48.5 Å². The lowest BCUT2D eigenvalue weighted by Gasteiger charge is -2.30. The summed E-state index contributed by atoms with van der Waals surface area (Å²) in [5.41, 5.74) is 0.321. The van der Waals surface area contributed by atoms with E-state index in [4.69, 9.17) is 29.0 Å². The Morgan fingerprint density at radius 2 is 1.60 bits per heavy atom. The molecule has 2 atom stereocenters. The van der Waals surface area contributed by atoms with Crippen molar-refractivity contribution in [3.8, 4) is 17.2 Å². The molecule has 11 heteroatoms. The van der Waals surface area contributed by atoms with Crippen molar-refractivity contribution in [2.24, 2.45) is 4.99 Å². The van der Waals surface area contributed by atoms with E-state index in [-0.39, 0.29) is 36.1 Å². The van der Waals surface area contributed by atoms with E-state index in [1.54, 1.807) is 67.8 Å². The number of hydrogen-bond donors (Lipinski definition) is 2. The number of aliphatic hydroxyl groups is 1. The predicted octanol–water partition coefficient (Wildman–Crippen LogP) is 4.90. The molecule has 0 radical (unpaired) electrons. The number of sulfone groups is 1. The van der Waals surface area contributed by atoms with Crippen molar-refractivity contribution in [1.29, 1.82) is 0 Å². The van der Waals surface area contributed by atoms with Crippen LogP contribution in [0.25, 0.3) is 0 Å². The van der Waals surface area contributed by atoms with Crippen LogP contribution in [0.15, 0.2) is 113 Å². The second kappa shape index (κ2) is 15.1. The molecule has 0 fully saturated rings. The molecule has 10 nitrogen and oxygen atoms in total. The number of benzene rings is 4. The average Bonchev–Trinajstić information content (AvgIpc) is 3.52. The molecule has 246 valence electrons. The smallest absolute Gasteiger partial charge is 0.252 e. The number of ether oxygens (including phenoxy) is 4. The van der Waals surface area contributed by atoms with Gasteiger partial charge in [-0.3, -0.25) is 4.79 Å². The number of methoxy groups -OCH3 is 2.